The number of nitrogens with zero attached hydrogens (tertiary/aromatic N) is 16. The van der Waals surface area contributed by atoms with E-state index in [4.69, 9.17) is 0 Å². The number of allylic oxidation sites excluding steroid dienone is 2. The number of imidazole rings is 8. The molecule has 0 spiro atoms. The van der Waals surface area contributed by atoms with Crippen LogP contribution in [0.15, 0.2) is 368 Å². The Hall–Kier alpha value is -12.8. The second kappa shape index (κ2) is 39.2. The summed E-state index contributed by atoms with van der Waals surface area (Å²) in [5.74, 6) is 0. The maximum Gasteiger partial charge on any atom is 0.244 e. The van der Waals surface area contributed by atoms with Gasteiger partial charge in [0.05, 0.1) is 26.7 Å². The van der Waals surface area contributed by atoms with Crippen LogP contribution in [0.3, 0.4) is 0 Å². The van der Waals surface area contributed by atoms with Gasteiger partial charge in [-0.1, -0.05) is 232 Å². The number of hydrogen-bond donors (Lipinski definition) is 0. The van der Waals surface area contributed by atoms with E-state index in [2.05, 4.69) is 462 Å². The summed E-state index contributed by atoms with van der Waals surface area (Å²) in [6.45, 7) is 20.3. The van der Waals surface area contributed by atoms with Gasteiger partial charge in [0, 0.05) is 12.8 Å². The van der Waals surface area contributed by atoms with E-state index in [1.165, 1.54) is 77.9 Å². The summed E-state index contributed by atoms with van der Waals surface area (Å²) < 4.78 is 35.7. The van der Waals surface area contributed by atoms with E-state index in [9.17, 15) is 0 Å². The Morgan fingerprint density at radius 3 is 0.903 bits per heavy atom. The smallest absolute Gasteiger partial charge is 0.240 e. The molecule has 0 unspecified atom stereocenters. The highest BCUT2D eigenvalue weighted by molar-refractivity contribution is 5.30. The summed E-state index contributed by atoms with van der Waals surface area (Å²) in [5.41, 5.74) is 18.7. The van der Waals surface area contributed by atoms with E-state index in [0.29, 0.717) is 0 Å². The zero-order valence-electron chi connectivity index (χ0n) is 66.2. The van der Waals surface area contributed by atoms with Crippen LogP contribution < -0.4 is 36.5 Å². The fourth-order valence-corrected chi connectivity index (χ4v) is 14.6. The van der Waals surface area contributed by atoms with Crippen LogP contribution in [0, 0.1) is 0 Å². The summed E-state index contributed by atoms with van der Waals surface area (Å²) >= 11 is 0. The topological polar surface area (TPSA) is 70.5 Å². The van der Waals surface area contributed by atoms with E-state index < -0.39 is 0 Å². The molecule has 8 heterocycles. The number of aromatic nitrogens is 16. The third kappa shape index (κ3) is 23.4. The lowest BCUT2D eigenvalue weighted by Gasteiger charge is -2.04. The molecule has 0 aliphatic carbocycles. The van der Waals surface area contributed by atoms with Gasteiger partial charge in [-0.25, -0.2) is 73.1 Å². The van der Waals surface area contributed by atoms with Crippen molar-refractivity contribution in [2.45, 2.75) is 145 Å². The zero-order chi connectivity index (χ0) is 77.2. The molecule has 570 valence electrons. The largest absolute Gasteiger partial charge is 0.244 e. The van der Waals surface area contributed by atoms with Gasteiger partial charge in [0.15, 0.2) is 0 Å². The molecule has 0 amide bonds. The molecular weight excluding hydrogens is 1390 g/mol. The third-order valence-corrected chi connectivity index (χ3v) is 20.8. The van der Waals surface area contributed by atoms with Crippen LogP contribution in [0.25, 0.3) is 0 Å². The highest BCUT2D eigenvalue weighted by Crippen LogP contribution is 2.16. The monoisotopic (exact) mass is 1500 g/mol. The molecule has 0 bridgehead atoms. The molecule has 0 N–H and O–H groups in total. The van der Waals surface area contributed by atoms with Crippen LogP contribution in [0.1, 0.15) is 112 Å². The van der Waals surface area contributed by atoms with Crippen molar-refractivity contribution < 1.29 is 36.5 Å². The Labute approximate surface area is 667 Å². The summed E-state index contributed by atoms with van der Waals surface area (Å²) in [5, 5.41) is 0. The predicted molar refractivity (Wildman–Crippen MR) is 442 cm³/mol. The number of rotatable bonds is 33. The van der Waals surface area contributed by atoms with Gasteiger partial charge >= 0.3 is 0 Å². The summed E-state index contributed by atoms with van der Waals surface area (Å²) in [6, 6.07) is 74.5. The first kappa shape index (κ1) is 76.9. The Morgan fingerprint density at radius 1 is 0.239 bits per heavy atom. The van der Waals surface area contributed by atoms with Gasteiger partial charge in [-0.15, -0.1) is 0 Å². The molecule has 16 aromatic rings. The first-order valence-electron chi connectivity index (χ1n) is 40.1. The molecule has 0 atom stereocenters. The van der Waals surface area contributed by atoms with Crippen LogP contribution in [0.5, 0.6) is 0 Å². The van der Waals surface area contributed by atoms with Gasteiger partial charge in [0.2, 0.25) is 50.6 Å². The molecule has 16 nitrogen and oxygen atoms in total. The van der Waals surface area contributed by atoms with Gasteiger partial charge < -0.3 is 0 Å². The van der Waals surface area contributed by atoms with Crippen molar-refractivity contribution in [2.24, 2.45) is 7.05 Å². The van der Waals surface area contributed by atoms with Crippen LogP contribution in [-0.4, -0.2) is 36.5 Å². The Bertz CT molecular complexity index is 5540. The zero-order valence-corrected chi connectivity index (χ0v) is 66.2. The van der Waals surface area contributed by atoms with E-state index >= 15 is 0 Å². The van der Waals surface area contributed by atoms with Gasteiger partial charge in [-0.3, -0.25) is 0 Å². The molecular formula is C97H110N16+8. The van der Waals surface area contributed by atoms with E-state index in [1.54, 1.807) is 0 Å². The van der Waals surface area contributed by atoms with E-state index in [0.717, 1.165) is 124 Å². The minimum absolute atomic E-state index is 0.855. The molecule has 0 saturated carbocycles. The van der Waals surface area contributed by atoms with Gasteiger partial charge in [-0.2, -0.15) is 0 Å². The van der Waals surface area contributed by atoms with Crippen molar-refractivity contribution in [1.82, 2.24) is 36.5 Å². The minimum Gasteiger partial charge on any atom is -0.240 e. The molecule has 113 heavy (non-hydrogen) atoms. The molecule has 16 heteroatoms. The normalized spacial score (nSPS) is 11.3. The van der Waals surface area contributed by atoms with E-state index in [-0.39, 0.29) is 0 Å². The van der Waals surface area contributed by atoms with Crippen molar-refractivity contribution in [3.05, 3.63) is 446 Å². The molecule has 0 aliphatic heterocycles. The highest BCUT2D eigenvalue weighted by Gasteiger charge is 2.16. The molecule has 0 fully saturated rings. The molecule has 0 saturated heterocycles. The average molecular weight is 1500 g/mol. The van der Waals surface area contributed by atoms with Crippen LogP contribution in [0.2, 0.25) is 0 Å². The van der Waals surface area contributed by atoms with Gasteiger partial charge in [0.25, 0.3) is 0 Å². The van der Waals surface area contributed by atoms with Gasteiger partial charge in [0.1, 0.15) is 178 Å². The summed E-state index contributed by atoms with van der Waals surface area (Å²) in [6.07, 6.45) is 60.6. The predicted octanol–water partition coefficient (Wildman–Crippen LogP) is 13.1. The lowest BCUT2D eigenvalue weighted by molar-refractivity contribution is -0.695. The second-order valence-corrected chi connectivity index (χ2v) is 29.9. The fraction of sp³-hybridized carbons (Fsp3) is 0.237. The van der Waals surface area contributed by atoms with Crippen LogP contribution in [0.4, 0.5) is 0 Å². The molecule has 8 aromatic carbocycles. The number of hydrogen-bond acceptors (Lipinski definition) is 0. The standard InChI is InChI=1S/C41H43N6.C33H35N6.C23H32N4/c1-2-40-10-6-7-11-41(40)31-47-25-24-46(34-47)30-39-18-16-38(17-19-39)29-45-23-22-44(33-45)28-37-14-12-36(13-15-37)27-43-21-20-42(32-43)26-35-8-4-3-5-9-35;1-34-15-16-35(26-34)22-30-7-9-31(10-8-30)24-38-19-20-39(28-38)25-33-13-11-32(12-14-33)23-37-18-17-36(27-37)21-29-5-3-2-4-6-29;1-3-22-11-7-8-12-23(22)19-27-18-17-26(21-27)14-10-6-5-9-13-25-16-15-24(4-2)20-25/h3-25,32-34H,2,26-31H2,1H3;2-20,26-28H,21-25H2,1H3;5-8,11-12,15-18,20-21H,3-4,9-10,13-14,19H2,1-2H3/q2*+3;+2/b;;6-5-. The van der Waals surface area contributed by atoms with Gasteiger partial charge in [-0.05, 0) is 97.7 Å². The summed E-state index contributed by atoms with van der Waals surface area (Å²) in [4.78, 5) is 0. The SMILES string of the molecule is CCc1ccccc1C[n+]1ccn(CC/C=C\CC[n+]2ccn(CC)c2)c1.CCc1ccccc1Cn1cc[n+](Cc2ccc(C[n+]3ccn(Cc4ccc(Cn5cc[n+](Cc6ccccc6)c5)cc4)c3)cc2)c1.C[n+]1ccn(Cc2ccc(Cn3cc[n+](Cc4ccc(Cn5cc[n+](Cc6ccccc6)c5)cc4)c3)cc2)c1. The highest BCUT2D eigenvalue weighted by atomic mass is 15.2. The van der Waals surface area contributed by atoms with Crippen molar-refractivity contribution in [2.75, 3.05) is 0 Å². The van der Waals surface area contributed by atoms with Crippen molar-refractivity contribution in [1.29, 1.82) is 0 Å². The van der Waals surface area contributed by atoms with Crippen molar-refractivity contribution >= 4 is 0 Å². The Morgan fingerprint density at radius 2 is 0.522 bits per heavy atom. The van der Waals surface area contributed by atoms with E-state index in [1.807, 2.05) is 7.05 Å². The maximum atomic E-state index is 2.30. The van der Waals surface area contributed by atoms with Crippen LogP contribution >= 0.6 is 0 Å². The lowest BCUT2D eigenvalue weighted by atomic mass is 10.1. The van der Waals surface area contributed by atoms with Crippen LogP contribution in [-0.2, 0) is 118 Å². The number of aryl methyl sites for hydroxylation is 6. The minimum atomic E-state index is 0.855. The molecule has 0 aliphatic rings. The average Bonchev–Trinajstić information content (AvgIpc) is 1.61. The third-order valence-electron chi connectivity index (χ3n) is 20.8. The quantitative estimate of drug-likeness (QED) is 0.0291. The Balaban J connectivity index is 0.000000146. The maximum absolute atomic E-state index is 2.30. The molecule has 0 radical (unpaired) electrons. The second-order valence-electron chi connectivity index (χ2n) is 29.9. The first-order chi connectivity index (χ1) is 55.6. The first-order valence-corrected chi connectivity index (χ1v) is 40.1. The molecule has 16 rings (SSSR count). The molecule has 8 aromatic heterocycles. The lowest BCUT2D eigenvalue weighted by Crippen LogP contribution is -2.32. The van der Waals surface area contributed by atoms with Crippen molar-refractivity contribution in [3.8, 4) is 0 Å². The number of benzene rings is 8. The van der Waals surface area contributed by atoms with Crippen molar-refractivity contribution in [3.63, 3.8) is 0 Å². The Kier molecular flexibility index (Phi) is 26.7. The fourth-order valence-electron chi connectivity index (χ4n) is 14.6. The summed E-state index contributed by atoms with van der Waals surface area (Å²) in [7, 11) is 2.05.